The summed E-state index contributed by atoms with van der Waals surface area (Å²) in [6.07, 6.45) is 3.48. The van der Waals surface area contributed by atoms with E-state index < -0.39 is 5.97 Å². The largest absolute Gasteiger partial charge is 0.478 e. The smallest absolute Gasteiger partial charge is 0.335 e. The van der Waals surface area contributed by atoms with E-state index in [0.717, 1.165) is 23.3 Å². The fourth-order valence-electron chi connectivity index (χ4n) is 2.54. The Hall–Kier alpha value is -1.84. The summed E-state index contributed by atoms with van der Waals surface area (Å²) in [7, 11) is 0. The molecule has 102 valence electrons. The van der Waals surface area contributed by atoms with Crippen molar-refractivity contribution >= 4 is 17.0 Å². The highest BCUT2D eigenvalue weighted by molar-refractivity contribution is 5.92. The molecule has 0 saturated carbocycles. The topological polar surface area (TPSA) is 55.1 Å². The molecule has 1 heterocycles. The first-order chi connectivity index (χ1) is 9.04. The fraction of sp³-hybridized carbons (Fsp3) is 0.467. The normalized spacial score (nSPS) is 12.8. The molecule has 0 bridgehead atoms. The van der Waals surface area contributed by atoms with Crippen molar-refractivity contribution in [2.45, 2.75) is 46.1 Å². The van der Waals surface area contributed by atoms with Crippen molar-refractivity contribution in [1.82, 2.24) is 9.55 Å². The highest BCUT2D eigenvalue weighted by Gasteiger charge is 2.14. The highest BCUT2D eigenvalue weighted by Crippen LogP contribution is 2.24. The first-order valence-electron chi connectivity index (χ1n) is 6.76. The van der Waals surface area contributed by atoms with Gasteiger partial charge in [-0.05, 0) is 38.5 Å². The maximum atomic E-state index is 11.0. The van der Waals surface area contributed by atoms with Crippen molar-refractivity contribution < 1.29 is 9.90 Å². The molecule has 0 amide bonds. The van der Waals surface area contributed by atoms with E-state index >= 15 is 0 Å². The van der Waals surface area contributed by atoms with Crippen LogP contribution in [0.5, 0.6) is 0 Å². The molecule has 4 heteroatoms. The quantitative estimate of drug-likeness (QED) is 0.889. The van der Waals surface area contributed by atoms with Crippen LogP contribution in [-0.4, -0.2) is 20.6 Å². The second-order valence-electron chi connectivity index (χ2n) is 5.03. The Morgan fingerprint density at radius 3 is 2.84 bits per heavy atom. The average Bonchev–Trinajstić information content (AvgIpc) is 2.70. The van der Waals surface area contributed by atoms with E-state index in [4.69, 9.17) is 5.11 Å². The van der Waals surface area contributed by atoms with Gasteiger partial charge in [-0.3, -0.25) is 0 Å². The third kappa shape index (κ3) is 2.62. The van der Waals surface area contributed by atoms with Gasteiger partial charge in [-0.25, -0.2) is 9.78 Å². The molecule has 0 aliphatic carbocycles. The molecule has 1 aromatic carbocycles. The molecule has 1 N–H and O–H groups in total. The third-order valence-corrected chi connectivity index (χ3v) is 3.53. The number of aromatic carboxylic acids is 1. The van der Waals surface area contributed by atoms with Crippen LogP contribution < -0.4 is 0 Å². The van der Waals surface area contributed by atoms with Crippen LogP contribution in [0.1, 0.15) is 55.3 Å². The van der Waals surface area contributed by atoms with Crippen LogP contribution in [-0.2, 0) is 0 Å². The SMILES string of the molecule is CCCCC(C)n1c(C)nc2cc(C(=O)O)ccc21. The number of aryl methyl sites for hydroxylation is 1. The Kier molecular flexibility index (Phi) is 3.88. The maximum absolute atomic E-state index is 11.0. The minimum atomic E-state index is -0.909. The van der Waals surface area contributed by atoms with Crippen molar-refractivity contribution in [2.24, 2.45) is 0 Å². The molecule has 4 nitrogen and oxygen atoms in total. The van der Waals surface area contributed by atoms with Gasteiger partial charge in [0.2, 0.25) is 0 Å². The van der Waals surface area contributed by atoms with Crippen LogP contribution in [0.3, 0.4) is 0 Å². The molecular weight excluding hydrogens is 240 g/mol. The van der Waals surface area contributed by atoms with Crippen molar-refractivity contribution in [3.63, 3.8) is 0 Å². The van der Waals surface area contributed by atoms with Gasteiger partial charge in [-0.1, -0.05) is 19.8 Å². The summed E-state index contributed by atoms with van der Waals surface area (Å²) in [6, 6.07) is 5.55. The molecule has 0 radical (unpaired) electrons. The van der Waals surface area contributed by atoms with Gasteiger partial charge in [0.25, 0.3) is 0 Å². The number of carbonyl (C=O) groups is 1. The van der Waals surface area contributed by atoms with Crippen molar-refractivity contribution in [3.05, 3.63) is 29.6 Å². The van der Waals surface area contributed by atoms with Crippen LogP contribution in [0.25, 0.3) is 11.0 Å². The average molecular weight is 260 g/mol. The van der Waals surface area contributed by atoms with Crippen LogP contribution in [0, 0.1) is 6.92 Å². The standard InChI is InChI=1S/C15H20N2O2/c1-4-5-6-10(2)17-11(3)16-13-9-12(15(18)19)7-8-14(13)17/h7-10H,4-6H2,1-3H3,(H,18,19). The van der Waals surface area contributed by atoms with Crippen molar-refractivity contribution in [3.8, 4) is 0 Å². The summed E-state index contributed by atoms with van der Waals surface area (Å²) in [5.41, 5.74) is 2.07. The number of imidazole rings is 1. The van der Waals surface area contributed by atoms with E-state index in [-0.39, 0.29) is 0 Å². The second kappa shape index (κ2) is 5.43. The van der Waals surface area contributed by atoms with Crippen LogP contribution in [0.15, 0.2) is 18.2 Å². The summed E-state index contributed by atoms with van der Waals surface area (Å²) in [6.45, 7) is 6.35. The Bertz CT molecular complexity index is 601. The van der Waals surface area contributed by atoms with E-state index in [2.05, 4.69) is 23.4 Å². The Morgan fingerprint density at radius 2 is 2.21 bits per heavy atom. The van der Waals surface area contributed by atoms with Gasteiger partial charge in [0.15, 0.2) is 0 Å². The predicted octanol–water partition coefficient (Wildman–Crippen LogP) is 3.79. The molecule has 1 aromatic heterocycles. The van der Waals surface area contributed by atoms with Crippen LogP contribution >= 0.6 is 0 Å². The zero-order valence-electron chi connectivity index (χ0n) is 11.7. The molecule has 0 aliphatic heterocycles. The molecule has 1 atom stereocenters. The summed E-state index contributed by atoms with van der Waals surface area (Å²) in [4.78, 5) is 15.5. The Morgan fingerprint density at radius 1 is 1.47 bits per heavy atom. The summed E-state index contributed by atoms with van der Waals surface area (Å²) in [5.74, 6) is 0.0364. The van der Waals surface area contributed by atoms with Gasteiger partial charge in [-0.2, -0.15) is 0 Å². The first-order valence-corrected chi connectivity index (χ1v) is 6.76. The number of fused-ring (bicyclic) bond motifs is 1. The van der Waals surface area contributed by atoms with E-state index in [1.165, 1.54) is 12.8 Å². The minimum Gasteiger partial charge on any atom is -0.478 e. The van der Waals surface area contributed by atoms with Crippen LogP contribution in [0.2, 0.25) is 0 Å². The Balaban J connectivity index is 2.44. The lowest BCUT2D eigenvalue weighted by Gasteiger charge is -2.16. The first kappa shape index (κ1) is 13.6. The lowest BCUT2D eigenvalue weighted by Crippen LogP contribution is -2.07. The molecule has 19 heavy (non-hydrogen) atoms. The van der Waals surface area contributed by atoms with Gasteiger partial charge < -0.3 is 9.67 Å². The van der Waals surface area contributed by atoms with E-state index in [1.807, 2.05) is 13.0 Å². The number of carboxylic acid groups (broad SMARTS) is 1. The highest BCUT2D eigenvalue weighted by atomic mass is 16.4. The van der Waals surface area contributed by atoms with E-state index in [9.17, 15) is 4.79 Å². The number of nitrogens with zero attached hydrogens (tertiary/aromatic N) is 2. The van der Waals surface area contributed by atoms with Gasteiger partial charge in [-0.15, -0.1) is 0 Å². The number of hydrogen-bond donors (Lipinski definition) is 1. The molecule has 0 aliphatic rings. The van der Waals surface area contributed by atoms with Gasteiger partial charge in [0.1, 0.15) is 5.82 Å². The lowest BCUT2D eigenvalue weighted by molar-refractivity contribution is 0.0697. The predicted molar refractivity (Wildman–Crippen MR) is 75.7 cm³/mol. The number of unbranched alkanes of at least 4 members (excludes halogenated alkanes) is 1. The molecule has 0 fully saturated rings. The monoisotopic (exact) mass is 260 g/mol. The number of carboxylic acids is 1. The zero-order valence-corrected chi connectivity index (χ0v) is 11.7. The van der Waals surface area contributed by atoms with E-state index in [0.29, 0.717) is 11.6 Å². The summed E-state index contributed by atoms with van der Waals surface area (Å²) >= 11 is 0. The van der Waals surface area contributed by atoms with Gasteiger partial charge in [0.05, 0.1) is 16.6 Å². The van der Waals surface area contributed by atoms with Gasteiger partial charge >= 0.3 is 5.97 Å². The third-order valence-electron chi connectivity index (χ3n) is 3.53. The molecule has 0 spiro atoms. The lowest BCUT2D eigenvalue weighted by atomic mass is 10.1. The molecular formula is C15H20N2O2. The van der Waals surface area contributed by atoms with Gasteiger partial charge in [0, 0.05) is 6.04 Å². The summed E-state index contributed by atoms with van der Waals surface area (Å²) < 4.78 is 2.20. The molecule has 2 rings (SSSR count). The summed E-state index contributed by atoms with van der Waals surface area (Å²) in [5, 5.41) is 9.01. The molecule has 0 saturated heterocycles. The Labute approximate surface area is 113 Å². The number of aromatic nitrogens is 2. The zero-order chi connectivity index (χ0) is 14.0. The van der Waals surface area contributed by atoms with Crippen molar-refractivity contribution in [1.29, 1.82) is 0 Å². The molecule has 2 aromatic rings. The fourth-order valence-corrected chi connectivity index (χ4v) is 2.54. The number of benzene rings is 1. The second-order valence-corrected chi connectivity index (χ2v) is 5.03. The van der Waals surface area contributed by atoms with E-state index in [1.54, 1.807) is 12.1 Å². The maximum Gasteiger partial charge on any atom is 0.335 e. The van der Waals surface area contributed by atoms with Crippen LogP contribution in [0.4, 0.5) is 0 Å². The molecule has 1 unspecified atom stereocenters. The van der Waals surface area contributed by atoms with Crippen molar-refractivity contribution in [2.75, 3.05) is 0 Å². The number of rotatable bonds is 5. The number of hydrogen-bond acceptors (Lipinski definition) is 2. The minimum absolute atomic E-state index is 0.290.